The van der Waals surface area contributed by atoms with Crippen LogP contribution in [0.25, 0.3) is 0 Å². The van der Waals surface area contributed by atoms with E-state index in [4.69, 9.17) is 20.4 Å². The topological polar surface area (TPSA) is 98.0 Å². The molecule has 4 N–H and O–H groups in total. The van der Waals surface area contributed by atoms with Crippen LogP contribution < -0.4 is 0 Å². The number of aliphatic hydroxyl groups excluding tert-OH is 3. The first-order valence-electron chi connectivity index (χ1n) is 13.2. The fourth-order valence-corrected chi connectivity index (χ4v) is 2.65. The van der Waals surface area contributed by atoms with Gasteiger partial charge >= 0.3 is 5.97 Å². The molecule has 0 saturated carbocycles. The van der Waals surface area contributed by atoms with Crippen LogP contribution in [0.4, 0.5) is 0 Å². The molecule has 0 aromatic carbocycles. The number of unbranched alkanes of at least 4 members (excludes halogenated alkanes) is 14. The molecule has 5 nitrogen and oxygen atoms in total. The summed E-state index contributed by atoms with van der Waals surface area (Å²) in [5, 5.41) is 32.7. The van der Waals surface area contributed by atoms with Gasteiger partial charge in [-0.15, -0.1) is 0 Å². The van der Waals surface area contributed by atoms with E-state index in [2.05, 4.69) is 6.92 Å². The van der Waals surface area contributed by atoms with Gasteiger partial charge in [0, 0.05) is 46.5 Å². The van der Waals surface area contributed by atoms with Crippen LogP contribution in [0.5, 0.6) is 0 Å². The predicted octanol–water partition coefficient (Wildman–Crippen LogP) is 7.49. The molecule has 0 amide bonds. The van der Waals surface area contributed by atoms with E-state index < -0.39 is 5.97 Å². The van der Waals surface area contributed by atoms with Crippen LogP contribution in [0.2, 0.25) is 0 Å². The van der Waals surface area contributed by atoms with Gasteiger partial charge in [-0.1, -0.05) is 96.8 Å². The van der Waals surface area contributed by atoms with E-state index in [0.717, 1.165) is 12.8 Å². The van der Waals surface area contributed by atoms with Gasteiger partial charge in [-0.25, -0.2) is 0 Å². The van der Waals surface area contributed by atoms with Crippen molar-refractivity contribution in [1.29, 1.82) is 0 Å². The molecule has 0 aromatic rings. The molecule has 0 heterocycles. The summed E-state index contributed by atoms with van der Waals surface area (Å²) in [4.78, 5) is 10.3. The number of hydrogen-bond acceptors (Lipinski definition) is 4. The molecule has 0 fully saturated rings. The Morgan fingerprint density at radius 1 is 0.515 bits per heavy atom. The molecule has 0 aliphatic rings. The summed E-state index contributed by atoms with van der Waals surface area (Å²) in [7, 11) is 0. The van der Waals surface area contributed by atoms with Crippen LogP contribution in [-0.2, 0) is 26.5 Å². The fraction of sp³-hybridized carbons (Fsp3) is 0.963. The number of carbonyl (C=O) groups is 1. The van der Waals surface area contributed by atoms with Crippen molar-refractivity contribution in [2.75, 3.05) is 0 Å². The van der Waals surface area contributed by atoms with Crippen LogP contribution in [-0.4, -0.2) is 44.7 Å². The van der Waals surface area contributed by atoms with Gasteiger partial charge in [-0.3, -0.25) is 4.79 Å². The van der Waals surface area contributed by atoms with E-state index in [-0.39, 0.29) is 40.0 Å². The Morgan fingerprint density at radius 2 is 0.697 bits per heavy atom. The van der Waals surface area contributed by atoms with Crippen LogP contribution in [0.15, 0.2) is 0 Å². The Labute approximate surface area is 222 Å². The Balaban J connectivity index is -0.000000165. The van der Waals surface area contributed by atoms with Crippen molar-refractivity contribution in [2.45, 2.75) is 170 Å². The molecule has 0 spiro atoms. The smallest absolute Gasteiger partial charge is 0.303 e. The molecular weight excluding hydrogens is 452 g/mol. The van der Waals surface area contributed by atoms with Gasteiger partial charge in [-0.05, 0) is 48.0 Å². The summed E-state index contributed by atoms with van der Waals surface area (Å²) in [6.07, 6.45) is 19.7. The van der Waals surface area contributed by atoms with Crippen molar-refractivity contribution in [1.82, 2.24) is 0 Å². The number of hydrogen-bond donors (Lipinski definition) is 4. The second-order valence-corrected chi connectivity index (χ2v) is 9.37. The molecule has 0 radical (unpaired) electrons. The van der Waals surface area contributed by atoms with E-state index >= 15 is 0 Å². The van der Waals surface area contributed by atoms with Crippen molar-refractivity contribution < 1.29 is 46.9 Å². The molecule has 0 aliphatic heterocycles. The minimum Gasteiger partial charge on any atom is -0.481 e. The molecule has 0 aliphatic carbocycles. The molecule has 0 rings (SSSR count). The van der Waals surface area contributed by atoms with E-state index in [9.17, 15) is 4.79 Å². The minimum atomic E-state index is -0.653. The first kappa shape index (κ1) is 43.2. The van der Waals surface area contributed by atoms with Gasteiger partial charge in [-0.2, -0.15) is 0 Å². The number of carboxylic acid groups (broad SMARTS) is 1. The Morgan fingerprint density at radius 3 is 0.879 bits per heavy atom. The zero-order chi connectivity index (χ0) is 25.6. The summed E-state index contributed by atoms with van der Waals surface area (Å²) in [6, 6.07) is 0. The van der Waals surface area contributed by atoms with Crippen LogP contribution >= 0.6 is 0 Å². The van der Waals surface area contributed by atoms with E-state index in [1.165, 1.54) is 83.5 Å². The number of carboxylic acids is 1. The van der Waals surface area contributed by atoms with Crippen molar-refractivity contribution in [3.8, 4) is 0 Å². The SMILES string of the molecule is CC(C)O.CC(C)O.CC(C)O.CCCCCCCCCCCCCCCCCC(=O)O.[Ti]. The maximum absolute atomic E-state index is 10.3. The van der Waals surface area contributed by atoms with E-state index in [1.807, 2.05) is 0 Å². The van der Waals surface area contributed by atoms with E-state index in [1.54, 1.807) is 41.5 Å². The number of aliphatic carboxylic acids is 1. The molecule has 0 atom stereocenters. The third-order valence-electron chi connectivity index (χ3n) is 3.99. The van der Waals surface area contributed by atoms with Crippen LogP contribution in [0.1, 0.15) is 151 Å². The molecule has 0 bridgehead atoms. The standard InChI is InChI=1S/C18H36O2.3C3H8O.Ti/c1-2-3-4-5-6-7-8-9-10-11-12-13-14-15-16-17-18(19)20;3*1-3(2)4;/h2-17H2,1H3,(H,19,20);3*3-4H,1-2H3;. The molecule has 6 heteroatoms. The van der Waals surface area contributed by atoms with Gasteiger partial charge in [0.1, 0.15) is 0 Å². The van der Waals surface area contributed by atoms with Gasteiger partial charge in [0.25, 0.3) is 0 Å². The van der Waals surface area contributed by atoms with Gasteiger partial charge in [0.15, 0.2) is 0 Å². The van der Waals surface area contributed by atoms with Gasteiger partial charge in [0.2, 0.25) is 0 Å². The van der Waals surface area contributed by atoms with Crippen LogP contribution in [0.3, 0.4) is 0 Å². The zero-order valence-corrected chi connectivity index (χ0v) is 24.8. The third-order valence-corrected chi connectivity index (χ3v) is 3.99. The predicted molar refractivity (Wildman–Crippen MR) is 139 cm³/mol. The molecule has 0 saturated heterocycles. The van der Waals surface area contributed by atoms with Crippen molar-refractivity contribution in [3.05, 3.63) is 0 Å². The monoisotopic (exact) mass is 512 g/mol. The minimum absolute atomic E-state index is 0. The Hall–Kier alpha value is 0.0643. The summed E-state index contributed by atoms with van der Waals surface area (Å²) in [5.74, 6) is -0.653. The van der Waals surface area contributed by atoms with Gasteiger partial charge < -0.3 is 20.4 Å². The number of aliphatic hydroxyl groups is 3. The number of rotatable bonds is 16. The maximum atomic E-state index is 10.3. The first-order chi connectivity index (χ1) is 15.0. The molecule has 202 valence electrons. The zero-order valence-electron chi connectivity index (χ0n) is 23.2. The second kappa shape index (κ2) is 39.3. The van der Waals surface area contributed by atoms with Crippen molar-refractivity contribution in [3.63, 3.8) is 0 Å². The Kier molecular flexibility index (Phi) is 51.4. The summed E-state index contributed by atoms with van der Waals surface area (Å²) in [5.41, 5.74) is 0. The van der Waals surface area contributed by atoms with Crippen molar-refractivity contribution >= 4 is 5.97 Å². The summed E-state index contributed by atoms with van der Waals surface area (Å²) < 4.78 is 0. The molecule has 0 aromatic heterocycles. The average molecular weight is 513 g/mol. The van der Waals surface area contributed by atoms with Crippen molar-refractivity contribution in [2.24, 2.45) is 0 Å². The molecule has 0 unspecified atom stereocenters. The summed E-state index contributed by atoms with van der Waals surface area (Å²) >= 11 is 0. The molecular formula is C27H60O5Ti. The molecule has 33 heavy (non-hydrogen) atoms. The quantitative estimate of drug-likeness (QED) is 0.127. The summed E-state index contributed by atoms with van der Waals surface area (Å²) in [6.45, 7) is 12.6. The average Bonchev–Trinajstić information content (AvgIpc) is 2.63. The maximum Gasteiger partial charge on any atom is 0.303 e. The second-order valence-electron chi connectivity index (χ2n) is 9.37. The third kappa shape index (κ3) is 99.5. The Bertz CT molecular complexity index is 301. The van der Waals surface area contributed by atoms with Crippen LogP contribution in [0, 0.1) is 0 Å². The fourth-order valence-electron chi connectivity index (χ4n) is 2.65. The van der Waals surface area contributed by atoms with E-state index in [0.29, 0.717) is 6.42 Å². The first-order valence-corrected chi connectivity index (χ1v) is 13.2. The van der Waals surface area contributed by atoms with Gasteiger partial charge in [0.05, 0.1) is 0 Å². The normalized spacial score (nSPS) is 9.85. The largest absolute Gasteiger partial charge is 0.481 e.